The van der Waals surface area contributed by atoms with Gasteiger partial charge in [0.1, 0.15) is 17.0 Å². The summed E-state index contributed by atoms with van der Waals surface area (Å²) in [5, 5.41) is 13.7. The van der Waals surface area contributed by atoms with Crippen LogP contribution in [0, 0.1) is 0 Å². The zero-order valence-corrected chi connectivity index (χ0v) is 10.5. The lowest BCUT2D eigenvalue weighted by Crippen LogP contribution is -2.16. The molecule has 2 aromatic rings. The van der Waals surface area contributed by atoms with Gasteiger partial charge in [-0.05, 0) is 31.7 Å². The number of anilines is 1. The molecule has 0 radical (unpaired) electrons. The molecule has 0 saturated heterocycles. The second kappa shape index (κ2) is 4.23. The number of nitrogens with one attached hydrogen (secondary N) is 1. The number of rotatable bonds is 3. The Morgan fingerprint density at radius 3 is 3.18 bits per heavy atom. The highest BCUT2D eigenvalue weighted by molar-refractivity contribution is 7.19. The molecule has 3 rings (SSSR count). The summed E-state index contributed by atoms with van der Waals surface area (Å²) in [4.78, 5) is 11.2. The van der Waals surface area contributed by atoms with Crippen LogP contribution in [-0.4, -0.2) is 27.7 Å². The molecule has 0 amide bonds. The summed E-state index contributed by atoms with van der Waals surface area (Å²) in [6, 6.07) is 0. The van der Waals surface area contributed by atoms with Gasteiger partial charge in [-0.3, -0.25) is 0 Å². The van der Waals surface area contributed by atoms with Crippen LogP contribution in [0.1, 0.15) is 23.8 Å². The Morgan fingerprint density at radius 2 is 2.35 bits per heavy atom. The average Bonchev–Trinajstić information content (AvgIpc) is 2.85. The molecule has 2 N–H and O–H groups in total. The van der Waals surface area contributed by atoms with Gasteiger partial charge >= 0.3 is 0 Å². The average molecular weight is 249 g/mol. The molecule has 0 aliphatic heterocycles. The minimum Gasteiger partial charge on any atom is -0.392 e. The summed E-state index contributed by atoms with van der Waals surface area (Å²) in [7, 11) is 0. The first-order valence-corrected chi connectivity index (χ1v) is 6.74. The molecule has 0 spiro atoms. The predicted molar refractivity (Wildman–Crippen MR) is 69.6 cm³/mol. The standard InChI is InChI=1S/C12H15N3OS/c1-7(16)5-13-11-10-8-3-2-4-9(8)17-12(10)15-6-14-11/h6-7,16H,2-5H2,1H3,(H,13,14,15). The Labute approximate surface area is 104 Å². The monoisotopic (exact) mass is 249 g/mol. The highest BCUT2D eigenvalue weighted by Gasteiger charge is 2.20. The van der Waals surface area contributed by atoms with Crippen molar-refractivity contribution in [2.75, 3.05) is 11.9 Å². The highest BCUT2D eigenvalue weighted by Crippen LogP contribution is 2.38. The van der Waals surface area contributed by atoms with Gasteiger partial charge in [-0.15, -0.1) is 11.3 Å². The van der Waals surface area contributed by atoms with E-state index in [0.717, 1.165) is 17.1 Å². The van der Waals surface area contributed by atoms with E-state index >= 15 is 0 Å². The Balaban J connectivity index is 2.05. The van der Waals surface area contributed by atoms with E-state index in [9.17, 15) is 5.11 Å². The smallest absolute Gasteiger partial charge is 0.138 e. The molecule has 5 heteroatoms. The van der Waals surface area contributed by atoms with Crippen LogP contribution in [0.3, 0.4) is 0 Å². The van der Waals surface area contributed by atoms with Gasteiger partial charge in [0.15, 0.2) is 0 Å². The van der Waals surface area contributed by atoms with Crippen molar-refractivity contribution in [1.29, 1.82) is 0 Å². The van der Waals surface area contributed by atoms with Crippen molar-refractivity contribution in [3.63, 3.8) is 0 Å². The van der Waals surface area contributed by atoms with E-state index in [1.807, 2.05) is 0 Å². The Kier molecular flexibility index (Phi) is 2.72. The van der Waals surface area contributed by atoms with Gasteiger partial charge in [-0.2, -0.15) is 0 Å². The van der Waals surface area contributed by atoms with Crippen molar-refractivity contribution in [3.8, 4) is 0 Å². The van der Waals surface area contributed by atoms with Gasteiger partial charge in [0.05, 0.1) is 11.5 Å². The fourth-order valence-corrected chi connectivity index (χ4v) is 3.54. The lowest BCUT2D eigenvalue weighted by atomic mass is 10.2. The third kappa shape index (κ3) is 1.89. The Hall–Kier alpha value is -1.20. The number of aliphatic hydroxyl groups is 1. The zero-order chi connectivity index (χ0) is 11.8. The van der Waals surface area contributed by atoms with E-state index < -0.39 is 0 Å². The predicted octanol–water partition coefficient (Wildman–Crippen LogP) is 1.97. The number of thiophene rings is 1. The molecule has 0 aromatic carbocycles. The van der Waals surface area contributed by atoms with Crippen LogP contribution < -0.4 is 5.32 Å². The van der Waals surface area contributed by atoms with Crippen molar-refractivity contribution in [1.82, 2.24) is 9.97 Å². The molecular formula is C12H15N3OS. The normalized spacial score (nSPS) is 16.1. The van der Waals surface area contributed by atoms with Gasteiger partial charge in [0, 0.05) is 11.4 Å². The van der Waals surface area contributed by atoms with Crippen LogP contribution in [0.5, 0.6) is 0 Å². The molecule has 0 fully saturated rings. The fraction of sp³-hybridized carbons (Fsp3) is 0.500. The fourth-order valence-electron chi connectivity index (χ4n) is 2.31. The number of fused-ring (bicyclic) bond motifs is 3. The third-order valence-corrected chi connectivity index (χ3v) is 4.27. The minimum atomic E-state index is -0.369. The van der Waals surface area contributed by atoms with Gasteiger partial charge in [0.2, 0.25) is 0 Å². The highest BCUT2D eigenvalue weighted by atomic mass is 32.1. The van der Waals surface area contributed by atoms with Crippen molar-refractivity contribution < 1.29 is 5.11 Å². The molecule has 90 valence electrons. The third-order valence-electron chi connectivity index (χ3n) is 3.07. The molecule has 1 aliphatic carbocycles. The quantitative estimate of drug-likeness (QED) is 0.873. The van der Waals surface area contributed by atoms with E-state index in [1.54, 1.807) is 24.6 Å². The number of aliphatic hydroxyl groups excluding tert-OH is 1. The van der Waals surface area contributed by atoms with E-state index in [4.69, 9.17) is 0 Å². The molecule has 0 bridgehead atoms. The van der Waals surface area contributed by atoms with E-state index in [1.165, 1.54) is 28.7 Å². The summed E-state index contributed by atoms with van der Waals surface area (Å²) >= 11 is 1.78. The minimum absolute atomic E-state index is 0.369. The number of aryl methyl sites for hydroxylation is 2. The largest absolute Gasteiger partial charge is 0.392 e. The SMILES string of the molecule is CC(O)CNc1ncnc2sc3c(c12)CCC3. The van der Waals surface area contributed by atoms with Gasteiger partial charge in [-0.1, -0.05) is 0 Å². The van der Waals surface area contributed by atoms with Crippen molar-refractivity contribution in [2.24, 2.45) is 0 Å². The molecule has 17 heavy (non-hydrogen) atoms. The molecular weight excluding hydrogens is 234 g/mol. The summed E-state index contributed by atoms with van der Waals surface area (Å²) in [6.07, 6.45) is 4.77. The van der Waals surface area contributed by atoms with Crippen LogP contribution in [0.25, 0.3) is 10.2 Å². The van der Waals surface area contributed by atoms with Crippen LogP contribution in [0.2, 0.25) is 0 Å². The van der Waals surface area contributed by atoms with E-state index in [-0.39, 0.29) is 6.10 Å². The van der Waals surface area contributed by atoms with Gasteiger partial charge in [-0.25, -0.2) is 9.97 Å². The van der Waals surface area contributed by atoms with Crippen molar-refractivity contribution in [2.45, 2.75) is 32.3 Å². The zero-order valence-electron chi connectivity index (χ0n) is 9.73. The van der Waals surface area contributed by atoms with Crippen LogP contribution in [0.15, 0.2) is 6.33 Å². The molecule has 1 aliphatic rings. The first kappa shape index (κ1) is 10.9. The maximum Gasteiger partial charge on any atom is 0.138 e. The molecule has 2 aromatic heterocycles. The maximum atomic E-state index is 9.33. The topological polar surface area (TPSA) is 58.0 Å². The molecule has 1 unspecified atom stereocenters. The summed E-state index contributed by atoms with van der Waals surface area (Å²) in [5.74, 6) is 0.871. The van der Waals surface area contributed by atoms with Crippen LogP contribution in [0.4, 0.5) is 5.82 Å². The summed E-state index contributed by atoms with van der Waals surface area (Å²) in [6.45, 7) is 2.29. The van der Waals surface area contributed by atoms with Crippen molar-refractivity contribution >= 4 is 27.4 Å². The van der Waals surface area contributed by atoms with Crippen LogP contribution >= 0.6 is 11.3 Å². The Bertz CT molecular complexity index is 550. The molecule has 2 heterocycles. The summed E-state index contributed by atoms with van der Waals surface area (Å²) in [5.41, 5.74) is 1.42. The Morgan fingerprint density at radius 1 is 1.47 bits per heavy atom. The maximum absolute atomic E-state index is 9.33. The lowest BCUT2D eigenvalue weighted by molar-refractivity contribution is 0.208. The number of hydrogen-bond acceptors (Lipinski definition) is 5. The second-order valence-corrected chi connectivity index (χ2v) is 5.57. The molecule has 0 saturated carbocycles. The summed E-state index contributed by atoms with van der Waals surface area (Å²) < 4.78 is 0. The van der Waals surface area contributed by atoms with Crippen LogP contribution in [-0.2, 0) is 12.8 Å². The first-order chi connectivity index (χ1) is 8.25. The number of nitrogens with zero attached hydrogens (tertiary/aromatic N) is 2. The first-order valence-electron chi connectivity index (χ1n) is 5.93. The van der Waals surface area contributed by atoms with E-state index in [2.05, 4.69) is 15.3 Å². The van der Waals surface area contributed by atoms with Gasteiger partial charge < -0.3 is 10.4 Å². The number of hydrogen-bond donors (Lipinski definition) is 2. The van der Waals surface area contributed by atoms with Crippen molar-refractivity contribution in [3.05, 3.63) is 16.8 Å². The van der Waals surface area contributed by atoms with E-state index in [0.29, 0.717) is 6.54 Å². The second-order valence-electron chi connectivity index (χ2n) is 4.49. The number of aromatic nitrogens is 2. The lowest BCUT2D eigenvalue weighted by Gasteiger charge is -2.08. The van der Waals surface area contributed by atoms with Gasteiger partial charge in [0.25, 0.3) is 0 Å². The molecule has 4 nitrogen and oxygen atoms in total. The molecule has 1 atom stereocenters.